The molecule has 4 aromatic rings. The molecule has 0 bridgehead atoms. The fourth-order valence-corrected chi connectivity index (χ4v) is 6.89. The number of nitro groups is 1. The SMILES string of the molecule is CCOC(=O)C1=C(N)n2c(s/c(=C\c3ccc(Cl)cc3Cl)c2=O)=C(C(=O)Nc2ccc([N+](=O)[O-])cc2)C1c1ccc(Cl)cc1Cl. The first-order valence-electron chi connectivity index (χ1n) is 13.0. The molecule has 0 fully saturated rings. The molecule has 2 heterocycles. The van der Waals surface area contributed by atoms with Crippen LogP contribution < -0.4 is 25.8 Å². The number of anilines is 1. The van der Waals surface area contributed by atoms with Crippen LogP contribution >= 0.6 is 57.7 Å². The number of benzene rings is 3. The quantitative estimate of drug-likeness (QED) is 0.146. The summed E-state index contributed by atoms with van der Waals surface area (Å²) in [7, 11) is 0. The summed E-state index contributed by atoms with van der Waals surface area (Å²) in [5.41, 5.74) is 6.48. The van der Waals surface area contributed by atoms with Crippen molar-refractivity contribution >= 4 is 98.5 Å². The van der Waals surface area contributed by atoms with E-state index in [1.54, 1.807) is 25.1 Å². The van der Waals surface area contributed by atoms with E-state index in [0.29, 0.717) is 21.2 Å². The van der Waals surface area contributed by atoms with E-state index in [-0.39, 0.29) is 54.2 Å². The minimum absolute atomic E-state index is 0.0273. The van der Waals surface area contributed by atoms with E-state index < -0.39 is 28.3 Å². The zero-order valence-corrected chi connectivity index (χ0v) is 26.8. The van der Waals surface area contributed by atoms with Crippen LogP contribution in [0.3, 0.4) is 0 Å². The number of hydrogen-bond donors (Lipinski definition) is 2. The molecule has 15 heteroatoms. The molecule has 1 atom stereocenters. The third-order valence-electron chi connectivity index (χ3n) is 6.75. The van der Waals surface area contributed by atoms with Gasteiger partial charge in [0.1, 0.15) is 10.5 Å². The minimum Gasteiger partial charge on any atom is -0.463 e. The van der Waals surface area contributed by atoms with Crippen molar-refractivity contribution in [1.82, 2.24) is 4.57 Å². The molecular weight excluding hydrogens is 686 g/mol. The molecule has 10 nitrogen and oxygen atoms in total. The monoisotopic (exact) mass is 704 g/mol. The van der Waals surface area contributed by atoms with Gasteiger partial charge in [-0.1, -0.05) is 58.5 Å². The Morgan fingerprint density at radius 2 is 1.67 bits per heavy atom. The largest absolute Gasteiger partial charge is 0.463 e. The number of nitrogens with zero attached hydrogens (tertiary/aromatic N) is 2. The van der Waals surface area contributed by atoms with Gasteiger partial charge in [-0.25, -0.2) is 4.79 Å². The Balaban J connectivity index is 1.84. The van der Waals surface area contributed by atoms with Crippen LogP contribution in [0.5, 0.6) is 0 Å². The van der Waals surface area contributed by atoms with Gasteiger partial charge in [0.25, 0.3) is 17.2 Å². The Labute approximate surface area is 278 Å². The van der Waals surface area contributed by atoms with Gasteiger partial charge in [-0.2, -0.15) is 0 Å². The van der Waals surface area contributed by atoms with Gasteiger partial charge in [0, 0.05) is 37.9 Å². The lowest BCUT2D eigenvalue weighted by molar-refractivity contribution is -0.384. The Morgan fingerprint density at radius 1 is 1.02 bits per heavy atom. The number of rotatable bonds is 7. The van der Waals surface area contributed by atoms with Crippen LogP contribution in [0.4, 0.5) is 11.4 Å². The zero-order chi connectivity index (χ0) is 32.6. The van der Waals surface area contributed by atoms with Crippen LogP contribution in [0.1, 0.15) is 24.0 Å². The molecule has 1 aliphatic rings. The van der Waals surface area contributed by atoms with Gasteiger partial charge in [0.15, 0.2) is 0 Å². The van der Waals surface area contributed by atoms with Crippen LogP contribution in [0.25, 0.3) is 17.5 Å². The summed E-state index contributed by atoms with van der Waals surface area (Å²) in [5.74, 6) is -3.08. The second-order valence-corrected chi connectivity index (χ2v) is 12.2. The van der Waals surface area contributed by atoms with Gasteiger partial charge < -0.3 is 15.8 Å². The molecule has 0 saturated carbocycles. The number of halogens is 4. The summed E-state index contributed by atoms with van der Waals surface area (Å²) >= 11 is 26.1. The first kappa shape index (κ1) is 32.3. The minimum atomic E-state index is -1.21. The van der Waals surface area contributed by atoms with Gasteiger partial charge in [0.2, 0.25) is 0 Å². The standard InChI is InChI=1S/C30H20Cl4N4O6S/c1-2-44-30(41)24-23(19-10-5-16(32)13-21(19)34)25(27(39)36-17-6-8-18(9-7-17)38(42)43)29-37(26(24)35)28(40)22(45-29)11-14-3-4-15(31)12-20(14)33/h3-13,23H,2,35H2,1H3,(H,36,39)/b22-11-. The van der Waals surface area contributed by atoms with Crippen LogP contribution in [-0.2, 0) is 14.3 Å². The first-order chi connectivity index (χ1) is 21.4. The lowest BCUT2D eigenvalue weighted by Gasteiger charge is -2.28. The van der Waals surface area contributed by atoms with Crippen molar-refractivity contribution in [2.75, 3.05) is 11.9 Å². The molecule has 1 unspecified atom stereocenters. The van der Waals surface area contributed by atoms with E-state index in [1.165, 1.54) is 48.5 Å². The Kier molecular flexibility index (Phi) is 9.38. The Bertz CT molecular complexity index is 2110. The molecule has 3 N–H and O–H groups in total. The average Bonchev–Trinajstić information content (AvgIpc) is 3.30. The number of esters is 1. The van der Waals surface area contributed by atoms with Crippen LogP contribution in [0.15, 0.2) is 71.0 Å². The fourth-order valence-electron chi connectivity index (χ4n) is 4.75. The molecule has 5 rings (SSSR count). The van der Waals surface area contributed by atoms with E-state index in [1.807, 2.05) is 0 Å². The summed E-state index contributed by atoms with van der Waals surface area (Å²) in [6, 6.07) is 14.4. The van der Waals surface area contributed by atoms with Gasteiger partial charge in [-0.05, 0) is 60.5 Å². The molecule has 45 heavy (non-hydrogen) atoms. The normalized spacial score (nSPS) is 14.7. The molecular formula is C30H20Cl4N4O6S. The molecule has 1 aromatic heterocycles. The predicted molar refractivity (Wildman–Crippen MR) is 176 cm³/mol. The average molecular weight is 706 g/mol. The Hall–Kier alpha value is -4.13. The smallest absolute Gasteiger partial charge is 0.338 e. The number of carbonyl (C=O) groups is 2. The second-order valence-electron chi connectivity index (χ2n) is 9.51. The van der Waals surface area contributed by atoms with Crippen molar-refractivity contribution in [2.24, 2.45) is 5.73 Å². The highest BCUT2D eigenvalue weighted by atomic mass is 35.5. The summed E-state index contributed by atoms with van der Waals surface area (Å²) < 4.78 is 6.65. The maximum atomic E-state index is 14.2. The molecule has 0 spiro atoms. The van der Waals surface area contributed by atoms with E-state index in [9.17, 15) is 24.5 Å². The highest BCUT2D eigenvalue weighted by molar-refractivity contribution is 7.07. The number of ether oxygens (including phenoxy) is 1. The zero-order valence-electron chi connectivity index (χ0n) is 23.0. The van der Waals surface area contributed by atoms with Gasteiger partial charge in [0.05, 0.1) is 33.1 Å². The third-order valence-corrected chi connectivity index (χ3v) is 8.98. The number of hydrogen-bond acceptors (Lipinski definition) is 8. The number of amides is 1. The molecule has 1 amide bonds. The second kappa shape index (κ2) is 13.1. The topological polar surface area (TPSA) is 147 Å². The summed E-state index contributed by atoms with van der Waals surface area (Å²) in [4.78, 5) is 52.1. The maximum absolute atomic E-state index is 14.2. The number of aromatic nitrogens is 1. The maximum Gasteiger partial charge on any atom is 0.338 e. The number of thiazole rings is 1. The number of carbonyl (C=O) groups excluding carboxylic acids is 2. The third kappa shape index (κ3) is 6.35. The highest BCUT2D eigenvalue weighted by Gasteiger charge is 2.40. The molecule has 3 aromatic carbocycles. The number of fused-ring (bicyclic) bond motifs is 1. The lowest BCUT2D eigenvalue weighted by atomic mass is 9.82. The number of nitro benzene ring substituents is 1. The predicted octanol–water partition coefficient (Wildman–Crippen LogP) is 5.54. The first-order valence-corrected chi connectivity index (χ1v) is 15.3. The highest BCUT2D eigenvalue weighted by Crippen LogP contribution is 2.41. The van der Waals surface area contributed by atoms with Crippen molar-refractivity contribution in [1.29, 1.82) is 0 Å². The lowest BCUT2D eigenvalue weighted by Crippen LogP contribution is -2.42. The van der Waals surface area contributed by atoms with E-state index >= 15 is 0 Å². The Morgan fingerprint density at radius 3 is 2.27 bits per heavy atom. The van der Waals surface area contributed by atoms with Crippen molar-refractivity contribution in [3.8, 4) is 0 Å². The van der Waals surface area contributed by atoms with Gasteiger partial charge >= 0.3 is 5.97 Å². The summed E-state index contributed by atoms with van der Waals surface area (Å²) in [6.45, 7) is 1.57. The van der Waals surface area contributed by atoms with Crippen LogP contribution in [0.2, 0.25) is 20.1 Å². The van der Waals surface area contributed by atoms with E-state index in [2.05, 4.69) is 5.32 Å². The van der Waals surface area contributed by atoms with Gasteiger partial charge in [-0.3, -0.25) is 24.3 Å². The van der Waals surface area contributed by atoms with E-state index in [0.717, 1.165) is 15.9 Å². The van der Waals surface area contributed by atoms with Crippen LogP contribution in [0, 0.1) is 10.1 Å². The summed E-state index contributed by atoms with van der Waals surface area (Å²) in [6.07, 6.45) is 1.52. The molecule has 0 saturated heterocycles. The molecule has 230 valence electrons. The molecule has 0 aliphatic carbocycles. The number of non-ortho nitro benzene ring substituents is 1. The van der Waals surface area contributed by atoms with Crippen molar-refractivity contribution in [3.05, 3.63) is 127 Å². The number of nitrogens with two attached hydrogens (primary N) is 1. The van der Waals surface area contributed by atoms with Crippen LogP contribution in [-0.4, -0.2) is 28.0 Å². The van der Waals surface area contributed by atoms with Gasteiger partial charge in [-0.15, -0.1) is 11.3 Å². The number of nitrogens with one attached hydrogen (secondary N) is 1. The van der Waals surface area contributed by atoms with Crippen molar-refractivity contribution in [3.63, 3.8) is 0 Å². The molecule has 1 aliphatic heterocycles. The van der Waals surface area contributed by atoms with Crippen molar-refractivity contribution in [2.45, 2.75) is 12.8 Å². The molecule has 0 radical (unpaired) electrons. The van der Waals surface area contributed by atoms with E-state index in [4.69, 9.17) is 56.9 Å². The summed E-state index contributed by atoms with van der Waals surface area (Å²) in [5, 5.41) is 15.0. The fraction of sp³-hybridized carbons (Fsp3) is 0.100. The van der Waals surface area contributed by atoms with Crippen molar-refractivity contribution < 1.29 is 19.2 Å².